The Bertz CT molecular complexity index is 851. The number of nitrogens with zero attached hydrogens (tertiary/aromatic N) is 2. The number of nitriles is 1. The lowest BCUT2D eigenvalue weighted by Gasteiger charge is -2.16. The number of thiophene rings is 1. The fourth-order valence-electron chi connectivity index (χ4n) is 3.35. The van der Waals surface area contributed by atoms with E-state index in [1.165, 1.54) is 17.8 Å². The van der Waals surface area contributed by atoms with Crippen molar-refractivity contribution in [3.63, 3.8) is 0 Å². The summed E-state index contributed by atoms with van der Waals surface area (Å²) >= 11 is 1.36. The van der Waals surface area contributed by atoms with Crippen LogP contribution < -0.4 is 10.7 Å². The molecule has 0 radical (unpaired) electrons. The Labute approximate surface area is 144 Å². The van der Waals surface area contributed by atoms with Crippen LogP contribution in [0.5, 0.6) is 0 Å². The summed E-state index contributed by atoms with van der Waals surface area (Å²) in [5, 5.41) is 20.8. The number of pyridine rings is 1. The third-order valence-corrected chi connectivity index (χ3v) is 5.58. The first-order chi connectivity index (χ1) is 11.5. The van der Waals surface area contributed by atoms with Crippen LogP contribution in [-0.2, 0) is 12.8 Å². The predicted octanol–water partition coefficient (Wildman–Crippen LogP) is 3.56. The van der Waals surface area contributed by atoms with Crippen molar-refractivity contribution in [2.45, 2.75) is 45.4 Å². The van der Waals surface area contributed by atoms with Crippen molar-refractivity contribution < 1.29 is 9.91 Å². The van der Waals surface area contributed by atoms with Crippen molar-refractivity contribution in [3.8, 4) is 16.5 Å². The summed E-state index contributed by atoms with van der Waals surface area (Å²) < 4.78 is 0. The van der Waals surface area contributed by atoms with Gasteiger partial charge in [-0.2, -0.15) is 5.26 Å². The normalized spacial score (nSPS) is 14.3. The molecule has 3 N–H and O–H groups in total. The molecule has 2 aromatic rings. The van der Waals surface area contributed by atoms with E-state index in [1.54, 1.807) is 13.0 Å². The standard InChI is InChI=1S/C17H18N4O2S/c1-10-14(21(22)23)8-15(24-10)16-11-6-4-2-3-5-7-13(11)20-17(19)12(16)9-18/h8H,2-7H2,1H3,(H2,19,20)/p+1. The maximum Gasteiger partial charge on any atom is 0.289 e. The Hall–Kier alpha value is -2.46. The third kappa shape index (κ3) is 2.85. The molecule has 7 heteroatoms. The Kier molecular flexibility index (Phi) is 4.49. The Morgan fingerprint density at radius 3 is 2.67 bits per heavy atom. The molecule has 2 aromatic heterocycles. The van der Waals surface area contributed by atoms with Crippen LogP contribution >= 0.6 is 11.3 Å². The Morgan fingerprint density at radius 2 is 2.04 bits per heavy atom. The third-order valence-electron chi connectivity index (χ3n) is 4.52. The molecule has 0 spiro atoms. The molecule has 3 rings (SSSR count). The zero-order chi connectivity index (χ0) is 17.3. The number of hydrogen-bond donors (Lipinski definition) is 1. The quantitative estimate of drug-likeness (QED) is 0.664. The van der Waals surface area contributed by atoms with Crippen molar-refractivity contribution in [2.75, 3.05) is 5.73 Å². The molecule has 0 saturated heterocycles. The zero-order valence-corrected chi connectivity index (χ0v) is 14.3. The van der Waals surface area contributed by atoms with E-state index in [4.69, 9.17) is 5.73 Å². The molecule has 0 aromatic carbocycles. The summed E-state index contributed by atoms with van der Waals surface area (Å²) in [6.45, 7) is 1.74. The minimum absolute atomic E-state index is 0.102. The van der Waals surface area contributed by atoms with Gasteiger partial charge >= 0.3 is 0 Å². The van der Waals surface area contributed by atoms with Crippen LogP contribution in [0.4, 0.5) is 11.5 Å². The maximum atomic E-state index is 11.2. The van der Waals surface area contributed by atoms with Gasteiger partial charge in [0.25, 0.3) is 11.5 Å². The fraction of sp³-hybridized carbons (Fsp3) is 0.412. The number of nitrogen functional groups attached to an aromatic ring is 1. The van der Waals surface area contributed by atoms with Gasteiger partial charge in [0, 0.05) is 28.5 Å². The molecule has 0 aliphatic heterocycles. The van der Waals surface area contributed by atoms with Crippen LogP contribution in [-0.4, -0.2) is 4.92 Å². The molecule has 0 unspecified atom stereocenters. The van der Waals surface area contributed by atoms with Crippen LogP contribution in [0.3, 0.4) is 0 Å². The summed E-state index contributed by atoms with van der Waals surface area (Å²) in [5.41, 5.74) is 9.52. The highest BCUT2D eigenvalue weighted by molar-refractivity contribution is 7.16. The molecule has 24 heavy (non-hydrogen) atoms. The highest BCUT2D eigenvalue weighted by Crippen LogP contribution is 2.40. The van der Waals surface area contributed by atoms with Gasteiger partial charge in [0.2, 0.25) is 0 Å². The number of aryl methyl sites for hydroxylation is 2. The highest BCUT2D eigenvalue weighted by atomic mass is 32.1. The largest absolute Gasteiger partial charge is 0.289 e. The topological polar surface area (TPSA) is 107 Å². The summed E-state index contributed by atoms with van der Waals surface area (Å²) in [7, 11) is 0. The molecule has 0 amide bonds. The molecule has 1 aliphatic rings. The first-order valence-corrected chi connectivity index (χ1v) is 8.86. The predicted molar refractivity (Wildman–Crippen MR) is 92.7 cm³/mol. The number of nitro groups is 1. The van der Waals surface area contributed by atoms with Crippen molar-refractivity contribution >= 4 is 22.8 Å². The number of anilines is 1. The van der Waals surface area contributed by atoms with Gasteiger partial charge in [-0.1, -0.05) is 12.8 Å². The Balaban J connectivity index is 2.27. The lowest BCUT2D eigenvalue weighted by Crippen LogP contribution is -2.23. The van der Waals surface area contributed by atoms with Gasteiger partial charge in [-0.25, -0.2) is 4.98 Å². The molecular weight excluding hydrogens is 324 g/mol. The van der Waals surface area contributed by atoms with Crippen LogP contribution in [0.25, 0.3) is 10.4 Å². The van der Waals surface area contributed by atoms with E-state index < -0.39 is 0 Å². The first kappa shape index (κ1) is 16.4. The number of aromatic amines is 1. The molecule has 1 aliphatic carbocycles. The average Bonchev–Trinajstić information content (AvgIpc) is 2.90. The van der Waals surface area contributed by atoms with E-state index in [9.17, 15) is 15.4 Å². The average molecular weight is 343 g/mol. The summed E-state index contributed by atoms with van der Waals surface area (Å²) in [6, 6.07) is 3.77. The summed E-state index contributed by atoms with van der Waals surface area (Å²) in [6.07, 6.45) is 6.24. The monoisotopic (exact) mass is 343 g/mol. The first-order valence-electron chi connectivity index (χ1n) is 8.04. The van der Waals surface area contributed by atoms with E-state index in [1.807, 2.05) is 0 Å². The molecule has 124 valence electrons. The van der Waals surface area contributed by atoms with Gasteiger partial charge in [-0.3, -0.25) is 15.8 Å². The van der Waals surface area contributed by atoms with Crippen LogP contribution in [0, 0.1) is 28.4 Å². The lowest BCUT2D eigenvalue weighted by atomic mass is 9.90. The molecule has 0 saturated carbocycles. The van der Waals surface area contributed by atoms with Gasteiger partial charge in [0.15, 0.2) is 0 Å². The van der Waals surface area contributed by atoms with E-state index in [-0.39, 0.29) is 10.6 Å². The smallest absolute Gasteiger partial charge is 0.286 e. The van der Waals surface area contributed by atoms with E-state index >= 15 is 0 Å². The van der Waals surface area contributed by atoms with E-state index in [0.29, 0.717) is 16.3 Å². The fourth-order valence-corrected chi connectivity index (χ4v) is 4.41. The van der Waals surface area contributed by atoms with Crippen LogP contribution in [0.15, 0.2) is 6.07 Å². The molecule has 0 atom stereocenters. The number of H-pyrrole nitrogens is 1. The number of aromatic nitrogens is 1. The zero-order valence-electron chi connectivity index (χ0n) is 13.5. The summed E-state index contributed by atoms with van der Waals surface area (Å²) in [5.74, 6) is 0.348. The number of rotatable bonds is 2. The molecular formula is C17H19N4O2S+. The molecule has 6 nitrogen and oxygen atoms in total. The number of hydrogen-bond acceptors (Lipinski definition) is 5. The maximum absolute atomic E-state index is 11.2. The van der Waals surface area contributed by atoms with Crippen molar-refractivity contribution in [1.29, 1.82) is 5.26 Å². The Morgan fingerprint density at radius 1 is 1.33 bits per heavy atom. The van der Waals surface area contributed by atoms with Gasteiger partial charge in [0.1, 0.15) is 17.3 Å². The van der Waals surface area contributed by atoms with Crippen molar-refractivity contribution in [1.82, 2.24) is 0 Å². The van der Waals surface area contributed by atoms with Crippen molar-refractivity contribution in [3.05, 3.63) is 37.9 Å². The summed E-state index contributed by atoms with van der Waals surface area (Å²) in [4.78, 5) is 15.4. The van der Waals surface area contributed by atoms with E-state index in [0.717, 1.165) is 53.8 Å². The van der Waals surface area contributed by atoms with Crippen LogP contribution in [0.2, 0.25) is 0 Å². The molecule has 0 fully saturated rings. The number of nitrogens with one attached hydrogen (secondary N) is 1. The number of fused-ring (bicyclic) bond motifs is 1. The lowest BCUT2D eigenvalue weighted by molar-refractivity contribution is -0.385. The minimum Gasteiger partial charge on any atom is -0.286 e. The molecule has 2 heterocycles. The molecule has 0 bridgehead atoms. The van der Waals surface area contributed by atoms with Gasteiger partial charge in [-0.15, -0.1) is 11.3 Å². The van der Waals surface area contributed by atoms with E-state index in [2.05, 4.69) is 11.1 Å². The minimum atomic E-state index is -0.372. The number of nitrogens with two attached hydrogens (primary N) is 1. The van der Waals surface area contributed by atoms with Gasteiger partial charge < -0.3 is 0 Å². The highest BCUT2D eigenvalue weighted by Gasteiger charge is 2.27. The van der Waals surface area contributed by atoms with Gasteiger partial charge in [0.05, 0.1) is 9.80 Å². The van der Waals surface area contributed by atoms with Crippen LogP contribution in [0.1, 0.15) is 47.4 Å². The second-order valence-corrected chi connectivity index (χ2v) is 7.34. The van der Waals surface area contributed by atoms with Gasteiger partial charge in [-0.05, 0) is 26.2 Å². The SMILES string of the molecule is Cc1sc(-c2c(C#N)c(N)[nH+]c3c2CCCCCC3)cc1[N+](=O)[O-]. The second-order valence-electron chi connectivity index (χ2n) is 6.08. The van der Waals surface area contributed by atoms with Crippen molar-refractivity contribution in [2.24, 2.45) is 0 Å². The second kappa shape index (κ2) is 6.57.